The lowest BCUT2D eigenvalue weighted by atomic mass is 10.1. The third-order valence-electron chi connectivity index (χ3n) is 3.78. The van der Waals surface area contributed by atoms with E-state index in [0.717, 1.165) is 6.42 Å². The zero-order valence-corrected chi connectivity index (χ0v) is 14.6. The first-order valence-corrected chi connectivity index (χ1v) is 8.90. The van der Waals surface area contributed by atoms with Crippen molar-refractivity contribution in [2.75, 3.05) is 24.6 Å². The predicted octanol–water partition coefficient (Wildman–Crippen LogP) is 2.23. The largest absolute Gasteiger partial charge is 0.482 e. The first-order valence-electron chi connectivity index (χ1n) is 8.02. The second-order valence-electron chi connectivity index (χ2n) is 5.61. The highest BCUT2D eigenvalue weighted by molar-refractivity contribution is 7.12. The van der Waals surface area contributed by atoms with Gasteiger partial charge in [-0.2, -0.15) is 0 Å². The molecular formula is C18H18N2O4S. The van der Waals surface area contributed by atoms with Crippen molar-refractivity contribution in [1.82, 2.24) is 5.32 Å². The average Bonchev–Trinajstić information content (AvgIpc) is 3.16. The second kappa shape index (κ2) is 7.48. The average molecular weight is 358 g/mol. The lowest BCUT2D eigenvalue weighted by Crippen LogP contribution is -2.45. The molecule has 1 N–H and O–H groups in total. The van der Waals surface area contributed by atoms with Crippen molar-refractivity contribution >= 4 is 34.6 Å². The van der Waals surface area contributed by atoms with E-state index in [-0.39, 0.29) is 30.7 Å². The summed E-state index contributed by atoms with van der Waals surface area (Å²) < 4.78 is 5.42. The summed E-state index contributed by atoms with van der Waals surface area (Å²) in [5.41, 5.74) is 0.906. The molecule has 3 rings (SSSR count). The number of thiophene rings is 1. The lowest BCUT2D eigenvalue weighted by molar-refractivity contribution is -0.125. The van der Waals surface area contributed by atoms with Crippen molar-refractivity contribution in [2.45, 2.75) is 13.3 Å². The Kier molecular flexibility index (Phi) is 5.14. The molecule has 6 nitrogen and oxygen atoms in total. The third kappa shape index (κ3) is 3.71. The summed E-state index contributed by atoms with van der Waals surface area (Å²) in [6.07, 6.45) is 0.818. The van der Waals surface area contributed by atoms with Gasteiger partial charge in [0.15, 0.2) is 6.61 Å². The highest BCUT2D eigenvalue weighted by atomic mass is 32.1. The zero-order chi connectivity index (χ0) is 17.8. The van der Waals surface area contributed by atoms with E-state index in [4.69, 9.17) is 4.74 Å². The standard InChI is InChI=1S/C18H18N2O4S/c1-2-7-19-16(21)10-20-13-9-12(18(23)15-4-3-8-25-15)5-6-14(13)24-11-17(20)22/h3-6,8-9H,2,7,10-11H2,1H3,(H,19,21). The first-order chi connectivity index (χ1) is 12.1. The molecule has 0 fully saturated rings. The minimum Gasteiger partial charge on any atom is -0.482 e. The van der Waals surface area contributed by atoms with Gasteiger partial charge in [-0.05, 0) is 36.1 Å². The van der Waals surface area contributed by atoms with E-state index in [1.165, 1.54) is 16.2 Å². The lowest BCUT2D eigenvalue weighted by Gasteiger charge is -2.29. The van der Waals surface area contributed by atoms with Crippen LogP contribution in [0.2, 0.25) is 0 Å². The number of hydrogen-bond donors (Lipinski definition) is 1. The number of amides is 2. The molecule has 130 valence electrons. The number of hydrogen-bond acceptors (Lipinski definition) is 5. The third-order valence-corrected chi connectivity index (χ3v) is 4.65. The Hall–Kier alpha value is -2.67. The van der Waals surface area contributed by atoms with Crippen LogP contribution < -0.4 is 15.0 Å². The summed E-state index contributed by atoms with van der Waals surface area (Å²) in [6, 6.07) is 8.52. The molecule has 0 aliphatic carbocycles. The van der Waals surface area contributed by atoms with Crippen molar-refractivity contribution in [3.63, 3.8) is 0 Å². The highest BCUT2D eigenvalue weighted by Gasteiger charge is 2.28. The van der Waals surface area contributed by atoms with Crippen LogP contribution in [-0.4, -0.2) is 37.3 Å². The van der Waals surface area contributed by atoms with E-state index in [0.29, 0.717) is 28.4 Å². The Morgan fingerprint density at radius 3 is 2.88 bits per heavy atom. The first kappa shape index (κ1) is 17.2. The van der Waals surface area contributed by atoms with Gasteiger partial charge in [-0.15, -0.1) is 11.3 Å². The van der Waals surface area contributed by atoms with Crippen molar-refractivity contribution < 1.29 is 19.1 Å². The quantitative estimate of drug-likeness (QED) is 0.804. The Morgan fingerprint density at radius 1 is 1.32 bits per heavy atom. The fraction of sp³-hybridized carbons (Fsp3) is 0.278. The molecule has 0 spiro atoms. The van der Waals surface area contributed by atoms with Crippen molar-refractivity contribution in [3.8, 4) is 5.75 Å². The van der Waals surface area contributed by atoms with Crippen LogP contribution in [0.3, 0.4) is 0 Å². The van der Waals surface area contributed by atoms with Crippen LogP contribution in [-0.2, 0) is 9.59 Å². The number of rotatable bonds is 6. The van der Waals surface area contributed by atoms with Crippen molar-refractivity contribution in [3.05, 3.63) is 46.2 Å². The molecule has 1 aromatic carbocycles. The second-order valence-corrected chi connectivity index (χ2v) is 6.56. The maximum Gasteiger partial charge on any atom is 0.265 e. The van der Waals surface area contributed by atoms with Crippen LogP contribution in [0.4, 0.5) is 5.69 Å². The summed E-state index contributed by atoms with van der Waals surface area (Å²) in [7, 11) is 0. The fourth-order valence-electron chi connectivity index (χ4n) is 2.53. The van der Waals surface area contributed by atoms with Gasteiger partial charge in [-0.3, -0.25) is 19.3 Å². The number of anilines is 1. The summed E-state index contributed by atoms with van der Waals surface area (Å²) in [5, 5.41) is 4.59. The molecule has 25 heavy (non-hydrogen) atoms. The van der Waals surface area contributed by atoms with Crippen LogP contribution >= 0.6 is 11.3 Å². The molecule has 0 atom stereocenters. The van der Waals surface area contributed by atoms with Crippen LogP contribution in [0.15, 0.2) is 35.7 Å². The maximum absolute atomic E-state index is 12.5. The van der Waals surface area contributed by atoms with Gasteiger partial charge in [-0.25, -0.2) is 0 Å². The summed E-state index contributed by atoms with van der Waals surface area (Å²) >= 11 is 1.36. The number of fused-ring (bicyclic) bond motifs is 1. The minimum atomic E-state index is -0.306. The Balaban J connectivity index is 1.88. The van der Waals surface area contributed by atoms with Gasteiger partial charge in [-0.1, -0.05) is 13.0 Å². The number of nitrogens with one attached hydrogen (secondary N) is 1. The molecule has 1 aliphatic rings. The van der Waals surface area contributed by atoms with E-state index in [9.17, 15) is 14.4 Å². The van der Waals surface area contributed by atoms with E-state index >= 15 is 0 Å². The van der Waals surface area contributed by atoms with Crippen molar-refractivity contribution in [2.24, 2.45) is 0 Å². The van der Waals surface area contributed by atoms with Gasteiger partial charge in [0, 0.05) is 12.1 Å². The molecule has 2 amide bonds. The predicted molar refractivity (Wildman–Crippen MR) is 95.3 cm³/mol. The van der Waals surface area contributed by atoms with Crippen molar-refractivity contribution in [1.29, 1.82) is 0 Å². The van der Waals surface area contributed by atoms with E-state index in [1.807, 2.05) is 18.4 Å². The molecule has 0 saturated carbocycles. The van der Waals surface area contributed by atoms with Crippen LogP contribution in [0.25, 0.3) is 0 Å². The Labute approximate surface area is 149 Å². The number of carbonyl (C=O) groups excluding carboxylic acids is 3. The van der Waals surface area contributed by atoms with E-state index in [2.05, 4.69) is 5.32 Å². The van der Waals surface area contributed by atoms with Crippen LogP contribution in [0.5, 0.6) is 5.75 Å². The molecule has 0 bridgehead atoms. The number of carbonyl (C=O) groups is 3. The molecular weight excluding hydrogens is 340 g/mol. The van der Waals surface area contributed by atoms with Crippen LogP contribution in [0, 0.1) is 0 Å². The van der Waals surface area contributed by atoms with Gasteiger partial charge < -0.3 is 10.1 Å². The number of ether oxygens (including phenoxy) is 1. The summed E-state index contributed by atoms with van der Waals surface area (Å²) in [6.45, 7) is 2.30. The SMILES string of the molecule is CCCNC(=O)CN1C(=O)COc2ccc(C(=O)c3cccs3)cc21. The summed E-state index contributed by atoms with van der Waals surface area (Å²) in [5.74, 6) is -0.172. The van der Waals surface area contributed by atoms with E-state index < -0.39 is 0 Å². The smallest absolute Gasteiger partial charge is 0.265 e. The number of benzene rings is 1. The minimum absolute atomic E-state index is 0.0914. The number of nitrogens with zero attached hydrogens (tertiary/aromatic N) is 1. The molecule has 2 aromatic rings. The van der Waals surface area contributed by atoms with Gasteiger partial charge in [0.25, 0.3) is 5.91 Å². The molecule has 7 heteroatoms. The highest BCUT2D eigenvalue weighted by Crippen LogP contribution is 2.33. The molecule has 1 aliphatic heterocycles. The molecule has 2 heterocycles. The topological polar surface area (TPSA) is 75.7 Å². The Morgan fingerprint density at radius 2 is 2.16 bits per heavy atom. The van der Waals surface area contributed by atoms with Gasteiger partial charge in [0.1, 0.15) is 12.3 Å². The molecule has 0 unspecified atom stereocenters. The summed E-state index contributed by atoms with van der Waals surface area (Å²) in [4.78, 5) is 38.8. The fourth-order valence-corrected chi connectivity index (χ4v) is 3.22. The Bertz CT molecular complexity index is 801. The van der Waals surface area contributed by atoms with Crippen LogP contribution in [0.1, 0.15) is 28.6 Å². The van der Waals surface area contributed by atoms with Gasteiger partial charge in [0.05, 0.1) is 10.6 Å². The monoisotopic (exact) mass is 358 g/mol. The van der Waals surface area contributed by atoms with Gasteiger partial charge >= 0.3 is 0 Å². The molecule has 1 aromatic heterocycles. The zero-order valence-electron chi connectivity index (χ0n) is 13.8. The maximum atomic E-state index is 12.5. The normalized spacial score (nSPS) is 13.2. The molecule has 0 saturated heterocycles. The van der Waals surface area contributed by atoms with Gasteiger partial charge in [0.2, 0.25) is 11.7 Å². The van der Waals surface area contributed by atoms with E-state index in [1.54, 1.807) is 24.3 Å². The number of ketones is 1. The molecule has 0 radical (unpaired) electrons.